The number of methoxy groups -OCH3 is 1. The van der Waals surface area contributed by atoms with Gasteiger partial charge in [0.25, 0.3) is 5.56 Å². The molecule has 0 bridgehead atoms. The highest BCUT2D eigenvalue weighted by Gasteiger charge is 2.34. The van der Waals surface area contributed by atoms with E-state index in [1.807, 2.05) is 18.2 Å². The lowest BCUT2D eigenvalue weighted by Crippen LogP contribution is -2.40. The quantitative estimate of drug-likeness (QED) is 0.143. The molecule has 222 valence electrons. The van der Waals surface area contributed by atoms with E-state index in [0.29, 0.717) is 47.2 Å². The van der Waals surface area contributed by atoms with Gasteiger partial charge in [0.05, 0.1) is 33.1 Å². The standard InChI is InChI=1S/C31H24Cl3IN2O5S/c1-4-41-30(39)26-16(2)36-31-37(27(26)20-7-5-6-8-21(20)33)29(38)25(43-31)13-17-11-23(35)28(24(12-17)40-3)42-15-18-9-10-19(32)14-22(18)34/h5-14,27H,4,15H2,1-3H3/b25-13-/t27-/m1/s1. The number of benzene rings is 3. The number of fused-ring (bicyclic) bond motifs is 1. The van der Waals surface area contributed by atoms with Crippen molar-refractivity contribution in [1.82, 2.24) is 4.57 Å². The van der Waals surface area contributed by atoms with Crippen molar-refractivity contribution in [2.75, 3.05) is 13.7 Å². The van der Waals surface area contributed by atoms with Gasteiger partial charge >= 0.3 is 5.97 Å². The monoisotopic (exact) mass is 768 g/mol. The number of carbonyl (C=O) groups excluding carboxylic acids is 1. The van der Waals surface area contributed by atoms with Crippen LogP contribution in [-0.2, 0) is 16.1 Å². The van der Waals surface area contributed by atoms with Gasteiger partial charge in [0.2, 0.25) is 0 Å². The van der Waals surface area contributed by atoms with Gasteiger partial charge in [0.1, 0.15) is 12.6 Å². The summed E-state index contributed by atoms with van der Waals surface area (Å²) in [6.07, 6.45) is 1.77. The molecule has 0 saturated carbocycles. The fourth-order valence-corrected chi connectivity index (χ4v) is 7.22. The van der Waals surface area contributed by atoms with Crippen LogP contribution in [-0.4, -0.2) is 24.3 Å². The van der Waals surface area contributed by atoms with E-state index in [-0.39, 0.29) is 24.3 Å². The summed E-state index contributed by atoms with van der Waals surface area (Å²) in [5.41, 5.74) is 2.53. The zero-order valence-corrected chi connectivity index (χ0v) is 28.4. The van der Waals surface area contributed by atoms with E-state index in [4.69, 9.17) is 49.0 Å². The molecule has 43 heavy (non-hydrogen) atoms. The van der Waals surface area contributed by atoms with Gasteiger partial charge in [-0.25, -0.2) is 9.79 Å². The molecule has 0 fully saturated rings. The zero-order valence-electron chi connectivity index (χ0n) is 23.1. The van der Waals surface area contributed by atoms with Crippen molar-refractivity contribution < 1.29 is 19.0 Å². The summed E-state index contributed by atoms with van der Waals surface area (Å²) in [5, 5.41) is 1.47. The van der Waals surface area contributed by atoms with Crippen molar-refractivity contribution in [2.45, 2.75) is 26.5 Å². The zero-order chi connectivity index (χ0) is 30.8. The second kappa shape index (κ2) is 13.4. The molecule has 7 nitrogen and oxygen atoms in total. The van der Waals surface area contributed by atoms with Crippen molar-refractivity contribution in [1.29, 1.82) is 0 Å². The van der Waals surface area contributed by atoms with Crippen LogP contribution >= 0.6 is 68.7 Å². The van der Waals surface area contributed by atoms with E-state index in [1.165, 1.54) is 15.9 Å². The highest BCUT2D eigenvalue weighted by molar-refractivity contribution is 14.1. The molecule has 5 rings (SSSR count). The number of carbonyl (C=O) groups is 1. The molecule has 0 radical (unpaired) electrons. The smallest absolute Gasteiger partial charge is 0.338 e. The van der Waals surface area contributed by atoms with Crippen molar-refractivity contribution >= 4 is 80.8 Å². The number of ether oxygens (including phenoxy) is 3. The normalized spacial score (nSPS) is 14.8. The molecule has 3 aromatic carbocycles. The maximum atomic E-state index is 14.0. The number of rotatable bonds is 8. The summed E-state index contributed by atoms with van der Waals surface area (Å²) in [6.45, 7) is 3.86. The van der Waals surface area contributed by atoms with Gasteiger partial charge < -0.3 is 14.2 Å². The summed E-state index contributed by atoms with van der Waals surface area (Å²) < 4.78 is 19.8. The molecule has 0 aliphatic carbocycles. The van der Waals surface area contributed by atoms with Gasteiger partial charge in [0, 0.05) is 20.6 Å². The molecule has 0 amide bonds. The van der Waals surface area contributed by atoms with E-state index < -0.39 is 12.0 Å². The number of thiazole rings is 1. The minimum absolute atomic E-state index is 0.183. The number of hydrogen-bond acceptors (Lipinski definition) is 7. The summed E-state index contributed by atoms with van der Waals surface area (Å²) in [5.74, 6) is 0.490. The van der Waals surface area contributed by atoms with Crippen LogP contribution in [0.25, 0.3) is 6.08 Å². The molecule has 1 aliphatic heterocycles. The Morgan fingerprint density at radius 2 is 1.88 bits per heavy atom. The van der Waals surface area contributed by atoms with Crippen LogP contribution in [0.5, 0.6) is 11.5 Å². The Morgan fingerprint density at radius 3 is 2.58 bits per heavy atom. The Morgan fingerprint density at radius 1 is 1.12 bits per heavy atom. The average Bonchev–Trinajstić information content (AvgIpc) is 3.26. The fourth-order valence-electron chi connectivity index (χ4n) is 4.69. The molecular weight excluding hydrogens is 746 g/mol. The molecule has 2 heterocycles. The van der Waals surface area contributed by atoms with E-state index in [1.54, 1.807) is 63.4 Å². The molecule has 1 atom stereocenters. The van der Waals surface area contributed by atoms with E-state index in [9.17, 15) is 9.59 Å². The van der Waals surface area contributed by atoms with Crippen LogP contribution in [0.4, 0.5) is 0 Å². The highest BCUT2D eigenvalue weighted by Crippen LogP contribution is 2.36. The van der Waals surface area contributed by atoms with Gasteiger partial charge in [-0.1, -0.05) is 70.4 Å². The molecule has 0 saturated heterocycles. The first kappa shape index (κ1) is 31.6. The number of allylic oxidation sites excluding steroid dienone is 1. The van der Waals surface area contributed by atoms with Crippen molar-refractivity contribution in [2.24, 2.45) is 4.99 Å². The highest BCUT2D eigenvalue weighted by atomic mass is 127. The number of esters is 1. The third kappa shape index (κ3) is 6.51. The minimum atomic E-state index is -0.795. The lowest BCUT2D eigenvalue weighted by Gasteiger charge is -2.25. The second-order valence-corrected chi connectivity index (χ2v) is 12.8. The SMILES string of the molecule is CCOC(=O)C1=C(C)N=c2s/c(=C\c3cc(I)c(OCc4ccc(Cl)cc4Cl)c(OC)c3)c(=O)n2[C@@H]1c1ccccc1Cl. The Hall–Kier alpha value is -2.83. The van der Waals surface area contributed by atoms with Crippen molar-refractivity contribution in [3.8, 4) is 11.5 Å². The summed E-state index contributed by atoms with van der Waals surface area (Å²) >= 11 is 22.3. The molecule has 12 heteroatoms. The fraction of sp³-hybridized carbons (Fsp3) is 0.194. The minimum Gasteiger partial charge on any atom is -0.493 e. The first-order valence-electron chi connectivity index (χ1n) is 13.0. The summed E-state index contributed by atoms with van der Waals surface area (Å²) in [7, 11) is 1.55. The summed E-state index contributed by atoms with van der Waals surface area (Å²) in [6, 6.07) is 15.2. The largest absolute Gasteiger partial charge is 0.493 e. The topological polar surface area (TPSA) is 79.1 Å². The molecule has 0 N–H and O–H groups in total. The van der Waals surface area contributed by atoms with Crippen molar-refractivity contribution in [3.63, 3.8) is 0 Å². The van der Waals surface area contributed by atoms with E-state index in [2.05, 4.69) is 27.6 Å². The Labute approximate surface area is 280 Å². The van der Waals surface area contributed by atoms with Crippen LogP contribution < -0.4 is 24.4 Å². The van der Waals surface area contributed by atoms with Gasteiger partial charge in [-0.05, 0) is 84.0 Å². The maximum absolute atomic E-state index is 14.0. The van der Waals surface area contributed by atoms with Gasteiger partial charge in [0.15, 0.2) is 16.3 Å². The first-order chi connectivity index (χ1) is 20.6. The van der Waals surface area contributed by atoms with Gasteiger partial charge in [-0.15, -0.1) is 0 Å². The van der Waals surface area contributed by atoms with Crippen LogP contribution in [0.1, 0.15) is 36.6 Å². The molecule has 4 aromatic rings. The average molecular weight is 770 g/mol. The van der Waals surface area contributed by atoms with Gasteiger partial charge in [-0.3, -0.25) is 9.36 Å². The van der Waals surface area contributed by atoms with E-state index >= 15 is 0 Å². The predicted octanol–water partition coefficient (Wildman–Crippen LogP) is 6.95. The molecule has 0 spiro atoms. The lowest BCUT2D eigenvalue weighted by atomic mass is 9.96. The second-order valence-electron chi connectivity index (χ2n) is 9.38. The Balaban J connectivity index is 1.58. The molecular formula is C31H24Cl3IN2O5S. The Kier molecular flexibility index (Phi) is 9.87. The first-order valence-corrected chi connectivity index (χ1v) is 16.0. The number of aromatic nitrogens is 1. The van der Waals surface area contributed by atoms with Crippen LogP contribution in [0.2, 0.25) is 15.1 Å². The maximum Gasteiger partial charge on any atom is 0.338 e. The number of hydrogen-bond donors (Lipinski definition) is 0. The lowest BCUT2D eigenvalue weighted by molar-refractivity contribution is -0.139. The summed E-state index contributed by atoms with van der Waals surface area (Å²) in [4.78, 5) is 32.1. The van der Waals surface area contributed by atoms with Crippen LogP contribution in [0.3, 0.4) is 0 Å². The van der Waals surface area contributed by atoms with Gasteiger partial charge in [-0.2, -0.15) is 0 Å². The number of nitrogens with zero attached hydrogens (tertiary/aromatic N) is 2. The molecule has 1 aromatic heterocycles. The van der Waals surface area contributed by atoms with Crippen molar-refractivity contribution in [3.05, 3.63) is 121 Å². The third-order valence-corrected chi connectivity index (χ3v) is 9.37. The Bertz CT molecular complexity index is 1950. The van der Waals surface area contributed by atoms with E-state index in [0.717, 1.165) is 14.7 Å². The predicted molar refractivity (Wildman–Crippen MR) is 178 cm³/mol. The van der Waals surface area contributed by atoms with Crippen LogP contribution in [0.15, 0.2) is 75.7 Å². The van der Waals surface area contributed by atoms with Crippen LogP contribution in [0, 0.1) is 3.57 Å². The molecule has 1 aliphatic rings. The molecule has 0 unspecified atom stereocenters. The number of halogens is 4. The third-order valence-electron chi connectivity index (χ3n) is 6.65.